The lowest BCUT2D eigenvalue weighted by atomic mass is 9.94. The van der Waals surface area contributed by atoms with E-state index in [4.69, 9.17) is 62.8 Å². The maximum atomic E-state index is 11.0. The third-order valence-corrected chi connectivity index (χ3v) is 6.70. The highest BCUT2D eigenvalue weighted by atomic mass is 16.7. The molecule has 35 heavy (non-hydrogen) atoms. The normalized spacial score (nSPS) is 51.3. The van der Waals surface area contributed by atoms with Crippen molar-refractivity contribution in [2.75, 3.05) is 26.7 Å². The molecule has 0 saturated carbocycles. The van der Waals surface area contributed by atoms with Crippen molar-refractivity contribution in [3.05, 3.63) is 0 Å². The van der Waals surface area contributed by atoms with Crippen LogP contribution in [0.3, 0.4) is 0 Å². The molecule has 0 radical (unpaired) electrons. The summed E-state index contributed by atoms with van der Waals surface area (Å²) in [5.41, 5.74) is 35.4. The summed E-state index contributed by atoms with van der Waals surface area (Å²) >= 11 is 0. The highest BCUT2D eigenvalue weighted by molar-refractivity contribution is 4.99. The second-order valence-electron chi connectivity index (χ2n) is 8.97. The van der Waals surface area contributed by atoms with Gasteiger partial charge in [-0.1, -0.05) is 0 Å². The quantitative estimate of drug-likeness (QED) is 0.144. The lowest BCUT2D eigenvalue weighted by molar-refractivity contribution is -0.342. The van der Waals surface area contributed by atoms with Crippen LogP contribution in [0.1, 0.15) is 0 Å². The van der Waals surface area contributed by atoms with Gasteiger partial charge in [0.05, 0.1) is 18.1 Å². The minimum atomic E-state index is -1.39. The van der Waals surface area contributed by atoms with E-state index < -0.39 is 91.9 Å². The van der Waals surface area contributed by atoms with Crippen LogP contribution in [0.15, 0.2) is 0 Å². The second-order valence-corrected chi connectivity index (χ2v) is 8.97. The van der Waals surface area contributed by atoms with Crippen LogP contribution < -0.4 is 34.4 Å². The molecule has 6 unspecified atom stereocenters. The molecule has 3 aliphatic heterocycles. The van der Waals surface area contributed by atoms with Crippen LogP contribution in [-0.2, 0) is 28.4 Å². The summed E-state index contributed by atoms with van der Waals surface area (Å²) in [6, 6.07) is -3.27. The highest BCUT2D eigenvalue weighted by Gasteiger charge is 2.52. The lowest BCUT2D eigenvalue weighted by Gasteiger charge is -2.49. The van der Waals surface area contributed by atoms with Crippen LogP contribution in [0, 0.1) is 0 Å². The summed E-state index contributed by atoms with van der Waals surface area (Å²) in [5.74, 6) is 0. The molecular formula is C19H40N6O10. The standard InChI is InChI=1S/C19H40N6O10/c1-30-17-9(24)13(28)15(6(3-21)32-17)35-19-10(25)14(29)16(7(4-22)33-19)34-18-8(23)12(27)11(26)5(2-20)31-18/h5-19,26-29H,2-4,20-25H2,1H3/t5?,6?,7?,8-,9-,10-,11+,12?,13?,14?,15+,16+,17-,18+,19+/m0/s1. The summed E-state index contributed by atoms with van der Waals surface area (Å²) in [4.78, 5) is 0. The van der Waals surface area contributed by atoms with Gasteiger partial charge in [0.2, 0.25) is 0 Å². The van der Waals surface area contributed by atoms with Gasteiger partial charge in [-0.3, -0.25) is 0 Å². The lowest BCUT2D eigenvalue weighted by Crippen LogP contribution is -2.70. The van der Waals surface area contributed by atoms with Crippen LogP contribution in [0.5, 0.6) is 0 Å². The van der Waals surface area contributed by atoms with Crippen LogP contribution in [0.2, 0.25) is 0 Å². The molecule has 206 valence electrons. The molecule has 3 aliphatic rings. The number of hydrogen-bond donors (Lipinski definition) is 10. The molecule has 0 bridgehead atoms. The van der Waals surface area contributed by atoms with Crippen molar-refractivity contribution < 1.29 is 48.8 Å². The van der Waals surface area contributed by atoms with E-state index in [9.17, 15) is 20.4 Å². The van der Waals surface area contributed by atoms with E-state index in [-0.39, 0.29) is 19.6 Å². The smallest absolute Gasteiger partial charge is 0.176 e. The summed E-state index contributed by atoms with van der Waals surface area (Å²) in [6.07, 6.45) is -13.6. The monoisotopic (exact) mass is 512 g/mol. The molecule has 15 atom stereocenters. The molecule has 0 aromatic rings. The Kier molecular flexibility index (Phi) is 10.1. The van der Waals surface area contributed by atoms with Gasteiger partial charge in [0.1, 0.15) is 54.9 Å². The first-order valence-corrected chi connectivity index (χ1v) is 11.5. The van der Waals surface area contributed by atoms with Gasteiger partial charge in [0.15, 0.2) is 18.9 Å². The number of ether oxygens (including phenoxy) is 6. The third kappa shape index (κ3) is 5.78. The Labute approximate surface area is 202 Å². The Morgan fingerprint density at radius 2 is 0.943 bits per heavy atom. The Morgan fingerprint density at radius 1 is 0.571 bits per heavy atom. The van der Waals surface area contributed by atoms with Gasteiger partial charge in [-0.25, -0.2) is 0 Å². The van der Waals surface area contributed by atoms with Gasteiger partial charge in [-0.15, -0.1) is 0 Å². The Hall–Kier alpha value is -0.640. The van der Waals surface area contributed by atoms with Gasteiger partial charge in [0, 0.05) is 26.7 Å². The predicted molar refractivity (Wildman–Crippen MR) is 118 cm³/mol. The van der Waals surface area contributed by atoms with Gasteiger partial charge >= 0.3 is 0 Å². The van der Waals surface area contributed by atoms with E-state index in [1.165, 1.54) is 7.11 Å². The van der Waals surface area contributed by atoms with E-state index >= 15 is 0 Å². The molecule has 16 heteroatoms. The number of aliphatic hydroxyl groups is 4. The zero-order valence-corrected chi connectivity index (χ0v) is 19.5. The first-order valence-electron chi connectivity index (χ1n) is 11.5. The molecule has 0 aromatic carbocycles. The van der Waals surface area contributed by atoms with Crippen molar-refractivity contribution in [2.45, 2.75) is 91.9 Å². The van der Waals surface area contributed by atoms with E-state index in [2.05, 4.69) is 0 Å². The van der Waals surface area contributed by atoms with Crippen molar-refractivity contribution in [3.8, 4) is 0 Å². The van der Waals surface area contributed by atoms with E-state index in [0.717, 1.165) is 0 Å². The largest absolute Gasteiger partial charge is 0.388 e. The topological polar surface area (TPSA) is 292 Å². The zero-order valence-electron chi connectivity index (χ0n) is 19.5. The van der Waals surface area contributed by atoms with Crippen molar-refractivity contribution in [1.29, 1.82) is 0 Å². The molecule has 0 spiro atoms. The maximum absolute atomic E-state index is 11.0. The Morgan fingerprint density at radius 3 is 1.37 bits per heavy atom. The molecular weight excluding hydrogens is 472 g/mol. The molecule has 0 aliphatic carbocycles. The van der Waals surface area contributed by atoms with Crippen LogP contribution >= 0.6 is 0 Å². The highest BCUT2D eigenvalue weighted by Crippen LogP contribution is 2.31. The molecule has 3 fully saturated rings. The molecule has 16 N–H and O–H groups in total. The summed E-state index contributed by atoms with van der Waals surface area (Å²) < 4.78 is 34.0. The zero-order chi connectivity index (χ0) is 26.0. The minimum absolute atomic E-state index is 0.0295. The number of aliphatic hydroxyl groups excluding tert-OH is 4. The number of rotatable bonds is 8. The van der Waals surface area contributed by atoms with Crippen LogP contribution in [-0.4, -0.2) is 139 Å². The van der Waals surface area contributed by atoms with Crippen molar-refractivity contribution in [2.24, 2.45) is 34.4 Å². The molecule has 3 rings (SSSR count). The number of nitrogens with two attached hydrogens (primary N) is 6. The molecule has 3 heterocycles. The van der Waals surface area contributed by atoms with Gasteiger partial charge < -0.3 is 83.2 Å². The predicted octanol–water partition coefficient (Wildman–Crippen LogP) is -7.12. The molecule has 16 nitrogen and oxygen atoms in total. The van der Waals surface area contributed by atoms with E-state index in [0.29, 0.717) is 0 Å². The fourth-order valence-corrected chi connectivity index (χ4v) is 4.51. The first kappa shape index (κ1) is 28.9. The SMILES string of the molecule is CO[C@H]1OC(CN)[C@@H](O[C@H]2OC(CN)[C@@H](O[C@H]3OC(CN)[C@@H](O)C(O)[C@@H]3N)C(O)[C@@H]2N)C(O)[C@@H]1N. The number of hydrogen-bond acceptors (Lipinski definition) is 16. The maximum Gasteiger partial charge on any atom is 0.176 e. The summed E-state index contributed by atoms with van der Waals surface area (Å²) in [7, 11) is 1.38. The number of methoxy groups -OCH3 is 1. The van der Waals surface area contributed by atoms with E-state index in [1.54, 1.807) is 0 Å². The van der Waals surface area contributed by atoms with Gasteiger partial charge in [-0.2, -0.15) is 0 Å². The first-order chi connectivity index (χ1) is 16.6. The summed E-state index contributed by atoms with van der Waals surface area (Å²) in [5, 5.41) is 41.9. The molecule has 3 saturated heterocycles. The van der Waals surface area contributed by atoms with Crippen LogP contribution in [0.4, 0.5) is 0 Å². The van der Waals surface area contributed by atoms with Crippen molar-refractivity contribution in [1.82, 2.24) is 0 Å². The minimum Gasteiger partial charge on any atom is -0.388 e. The van der Waals surface area contributed by atoms with Crippen molar-refractivity contribution in [3.63, 3.8) is 0 Å². The summed E-state index contributed by atoms with van der Waals surface area (Å²) in [6.45, 7) is -0.264. The molecule has 0 amide bonds. The third-order valence-electron chi connectivity index (χ3n) is 6.70. The average molecular weight is 513 g/mol. The Balaban J connectivity index is 1.72. The Bertz CT molecular complexity index is 666. The van der Waals surface area contributed by atoms with Crippen molar-refractivity contribution >= 4 is 0 Å². The van der Waals surface area contributed by atoms with E-state index in [1.807, 2.05) is 0 Å². The fraction of sp³-hybridized carbons (Fsp3) is 1.00. The average Bonchev–Trinajstić information content (AvgIpc) is 2.86. The second kappa shape index (κ2) is 12.3. The molecule has 0 aromatic heterocycles. The van der Waals surface area contributed by atoms with Gasteiger partial charge in [0.25, 0.3) is 0 Å². The van der Waals surface area contributed by atoms with Gasteiger partial charge in [-0.05, 0) is 0 Å². The van der Waals surface area contributed by atoms with Crippen LogP contribution in [0.25, 0.3) is 0 Å². The fourth-order valence-electron chi connectivity index (χ4n) is 4.51.